The molecule has 2 rings (SSSR count). The lowest BCUT2D eigenvalue weighted by Crippen LogP contribution is -2.45. The molecule has 1 aromatic carbocycles. The van der Waals surface area contributed by atoms with Crippen LogP contribution in [0.1, 0.15) is 12.5 Å². The number of nitrogens with zero attached hydrogens (tertiary/aromatic N) is 1. The minimum atomic E-state index is -1.17. The summed E-state index contributed by atoms with van der Waals surface area (Å²) in [5.74, 6) is -2.24. The molecular weight excluding hydrogens is 407 g/mol. The number of thioether (sulfide) groups is 1. The van der Waals surface area contributed by atoms with Gasteiger partial charge >= 0.3 is 5.97 Å². The molecule has 0 spiro atoms. The van der Waals surface area contributed by atoms with E-state index in [1.165, 1.54) is 6.92 Å². The summed E-state index contributed by atoms with van der Waals surface area (Å²) in [6.07, 6.45) is 1.55. The second kappa shape index (κ2) is 8.18. The first-order valence-corrected chi connectivity index (χ1v) is 8.90. The van der Waals surface area contributed by atoms with Crippen molar-refractivity contribution >= 4 is 75.4 Å². The predicted molar refractivity (Wildman–Crippen MR) is 102 cm³/mol. The first-order valence-electron chi connectivity index (χ1n) is 6.92. The van der Waals surface area contributed by atoms with Crippen LogP contribution in [0.2, 0.25) is 10.0 Å². The van der Waals surface area contributed by atoms with Crippen LogP contribution in [0.25, 0.3) is 6.08 Å². The summed E-state index contributed by atoms with van der Waals surface area (Å²) in [5, 5.41) is 11.7. The molecule has 6 nitrogen and oxygen atoms in total. The SMILES string of the molecule is CC(NC(=O)CN1C(=O)/C(=C/c2cccc(Cl)c2Cl)SC1=S)C(=O)O. The lowest BCUT2D eigenvalue weighted by Gasteiger charge is -2.15. The molecular formula is C15H12Cl2N2O4S2. The number of nitrogens with one attached hydrogen (secondary N) is 1. The zero-order valence-corrected chi connectivity index (χ0v) is 15.9. The Balaban J connectivity index is 2.14. The average Bonchev–Trinajstić information content (AvgIpc) is 2.79. The molecule has 1 aliphatic heterocycles. The fourth-order valence-corrected chi connectivity index (χ4v) is 3.51. The van der Waals surface area contributed by atoms with E-state index in [0.29, 0.717) is 20.5 Å². The second-order valence-corrected chi connectivity index (χ2v) is 7.50. The fourth-order valence-electron chi connectivity index (χ4n) is 1.90. The van der Waals surface area contributed by atoms with Crippen LogP contribution in [0, 0.1) is 0 Å². The van der Waals surface area contributed by atoms with E-state index < -0.39 is 23.8 Å². The van der Waals surface area contributed by atoms with E-state index in [1.54, 1.807) is 24.3 Å². The molecule has 1 saturated heterocycles. The van der Waals surface area contributed by atoms with Crippen LogP contribution < -0.4 is 5.32 Å². The first-order chi connectivity index (χ1) is 11.7. The van der Waals surface area contributed by atoms with Crippen molar-refractivity contribution in [3.63, 3.8) is 0 Å². The van der Waals surface area contributed by atoms with Gasteiger partial charge in [0, 0.05) is 0 Å². The van der Waals surface area contributed by atoms with E-state index in [9.17, 15) is 14.4 Å². The van der Waals surface area contributed by atoms with Crippen LogP contribution in [0.15, 0.2) is 23.1 Å². The Labute approximate surface area is 163 Å². The van der Waals surface area contributed by atoms with Crippen molar-refractivity contribution in [2.45, 2.75) is 13.0 Å². The van der Waals surface area contributed by atoms with Crippen molar-refractivity contribution in [3.8, 4) is 0 Å². The fraction of sp³-hybridized carbons (Fsp3) is 0.200. The van der Waals surface area contributed by atoms with Crippen LogP contribution in [0.5, 0.6) is 0 Å². The van der Waals surface area contributed by atoms with Crippen LogP contribution >= 0.6 is 47.2 Å². The third kappa shape index (κ3) is 4.72. The Morgan fingerprint density at radius 1 is 1.44 bits per heavy atom. The van der Waals surface area contributed by atoms with Gasteiger partial charge in [-0.3, -0.25) is 19.3 Å². The third-order valence-electron chi connectivity index (χ3n) is 3.19. The standard InChI is InChI=1S/C15H12Cl2N2O4S2/c1-7(14(22)23)18-11(20)6-19-13(21)10(25-15(19)24)5-8-3-2-4-9(16)12(8)17/h2-5,7H,6H2,1H3,(H,18,20)(H,22,23)/b10-5-. The third-order valence-corrected chi connectivity index (χ3v) is 5.40. The minimum Gasteiger partial charge on any atom is -0.480 e. The number of aliphatic carboxylic acids is 1. The number of hydrogen-bond acceptors (Lipinski definition) is 5. The summed E-state index contributed by atoms with van der Waals surface area (Å²) in [6, 6.07) is 3.95. The Morgan fingerprint density at radius 2 is 2.12 bits per heavy atom. The van der Waals surface area contributed by atoms with Crippen molar-refractivity contribution in [3.05, 3.63) is 38.7 Å². The maximum absolute atomic E-state index is 12.4. The average molecular weight is 419 g/mol. The van der Waals surface area contributed by atoms with Crippen molar-refractivity contribution < 1.29 is 19.5 Å². The predicted octanol–water partition coefficient (Wildman–Crippen LogP) is 2.78. The number of thiocarbonyl (C=S) groups is 1. The van der Waals surface area contributed by atoms with Gasteiger partial charge < -0.3 is 10.4 Å². The van der Waals surface area contributed by atoms with Gasteiger partial charge in [0.25, 0.3) is 5.91 Å². The molecule has 1 fully saturated rings. The zero-order valence-electron chi connectivity index (χ0n) is 12.8. The number of carboxylic acids is 1. The molecule has 0 aromatic heterocycles. The van der Waals surface area contributed by atoms with Gasteiger partial charge in [-0.1, -0.05) is 59.3 Å². The van der Waals surface area contributed by atoms with E-state index in [2.05, 4.69) is 5.32 Å². The molecule has 1 aromatic rings. The van der Waals surface area contributed by atoms with Crippen molar-refractivity contribution in [1.82, 2.24) is 10.2 Å². The van der Waals surface area contributed by atoms with Crippen molar-refractivity contribution in [2.75, 3.05) is 6.54 Å². The lowest BCUT2D eigenvalue weighted by atomic mass is 10.2. The van der Waals surface area contributed by atoms with Gasteiger partial charge in [-0.2, -0.15) is 0 Å². The van der Waals surface area contributed by atoms with Crippen molar-refractivity contribution in [1.29, 1.82) is 0 Å². The van der Waals surface area contributed by atoms with Crippen LogP contribution in [-0.4, -0.2) is 44.7 Å². The van der Waals surface area contributed by atoms with E-state index >= 15 is 0 Å². The highest BCUT2D eigenvalue weighted by Crippen LogP contribution is 2.35. The summed E-state index contributed by atoms with van der Waals surface area (Å²) in [6.45, 7) is 0.967. The maximum Gasteiger partial charge on any atom is 0.325 e. The van der Waals surface area contributed by atoms with E-state index in [1.807, 2.05) is 0 Å². The summed E-state index contributed by atoms with van der Waals surface area (Å²) in [5.41, 5.74) is 0.554. The number of amides is 2. The maximum atomic E-state index is 12.4. The number of carbonyl (C=O) groups excluding carboxylic acids is 2. The summed E-state index contributed by atoms with van der Waals surface area (Å²) in [7, 11) is 0. The molecule has 2 amide bonds. The van der Waals surface area contributed by atoms with Gasteiger partial charge in [-0.25, -0.2) is 0 Å². The smallest absolute Gasteiger partial charge is 0.325 e. The van der Waals surface area contributed by atoms with Gasteiger partial charge in [0.1, 0.15) is 16.9 Å². The van der Waals surface area contributed by atoms with E-state index in [-0.39, 0.29) is 10.9 Å². The van der Waals surface area contributed by atoms with Gasteiger partial charge in [-0.05, 0) is 24.6 Å². The van der Waals surface area contributed by atoms with Gasteiger partial charge in [0.05, 0.1) is 15.0 Å². The molecule has 0 saturated carbocycles. The van der Waals surface area contributed by atoms with Crippen LogP contribution in [0.4, 0.5) is 0 Å². The zero-order chi connectivity index (χ0) is 18.7. The largest absolute Gasteiger partial charge is 0.480 e. The van der Waals surface area contributed by atoms with Gasteiger partial charge in [-0.15, -0.1) is 0 Å². The normalized spacial score (nSPS) is 17.1. The molecule has 10 heteroatoms. The highest BCUT2D eigenvalue weighted by molar-refractivity contribution is 8.26. The molecule has 25 heavy (non-hydrogen) atoms. The molecule has 132 valence electrons. The lowest BCUT2D eigenvalue weighted by molar-refractivity contribution is -0.141. The monoisotopic (exact) mass is 418 g/mol. The molecule has 1 atom stereocenters. The minimum absolute atomic E-state index is 0.201. The molecule has 0 bridgehead atoms. The molecule has 0 radical (unpaired) electrons. The highest BCUT2D eigenvalue weighted by atomic mass is 35.5. The Hall–Kier alpha value is -1.61. The Morgan fingerprint density at radius 3 is 2.76 bits per heavy atom. The highest BCUT2D eigenvalue weighted by Gasteiger charge is 2.34. The number of benzene rings is 1. The molecule has 1 unspecified atom stereocenters. The number of rotatable bonds is 5. The second-order valence-electron chi connectivity index (χ2n) is 5.04. The topological polar surface area (TPSA) is 86.7 Å². The Bertz CT molecular complexity index is 798. The number of halogens is 2. The molecule has 2 N–H and O–H groups in total. The van der Waals surface area contributed by atoms with Crippen molar-refractivity contribution in [2.24, 2.45) is 0 Å². The summed E-state index contributed by atoms with van der Waals surface area (Å²) < 4.78 is 0.201. The number of hydrogen-bond donors (Lipinski definition) is 2. The molecule has 0 aliphatic carbocycles. The summed E-state index contributed by atoms with van der Waals surface area (Å²) >= 11 is 18.2. The van der Waals surface area contributed by atoms with Crippen LogP contribution in [-0.2, 0) is 14.4 Å². The number of carbonyl (C=O) groups is 3. The summed E-state index contributed by atoms with van der Waals surface area (Å²) in [4.78, 5) is 36.5. The first kappa shape index (κ1) is 19.7. The van der Waals surface area contributed by atoms with Crippen LogP contribution in [0.3, 0.4) is 0 Å². The Kier molecular flexibility index (Phi) is 6.45. The quantitative estimate of drug-likeness (QED) is 0.564. The number of carboxylic acid groups (broad SMARTS) is 1. The van der Waals surface area contributed by atoms with E-state index in [0.717, 1.165) is 16.7 Å². The van der Waals surface area contributed by atoms with Gasteiger partial charge in [0.15, 0.2) is 0 Å². The van der Waals surface area contributed by atoms with E-state index in [4.69, 9.17) is 40.5 Å². The molecule has 1 aliphatic rings. The molecule has 1 heterocycles. The van der Waals surface area contributed by atoms with Gasteiger partial charge in [0.2, 0.25) is 5.91 Å².